The fraction of sp³-hybridized carbons (Fsp3) is 0.684. The Morgan fingerprint density at radius 3 is 3.04 bits per heavy atom. The SMILES string of the molecule is COc1cc(Br)c2c3c1OC1C(O)C(C)CC4C(CCCC341)C2. The first kappa shape index (κ1) is 14.6. The number of aliphatic hydroxyl groups is 1. The molecule has 2 fully saturated rings. The van der Waals surface area contributed by atoms with E-state index in [1.54, 1.807) is 7.11 Å². The van der Waals surface area contributed by atoms with E-state index in [1.165, 1.54) is 24.0 Å². The van der Waals surface area contributed by atoms with Crippen LogP contribution in [0, 0.1) is 17.8 Å². The van der Waals surface area contributed by atoms with Crippen LogP contribution in [0.5, 0.6) is 11.5 Å². The highest BCUT2D eigenvalue weighted by atomic mass is 79.9. The lowest BCUT2D eigenvalue weighted by Crippen LogP contribution is -2.62. The van der Waals surface area contributed by atoms with Crippen molar-refractivity contribution < 1.29 is 14.6 Å². The van der Waals surface area contributed by atoms with Gasteiger partial charge in [0, 0.05) is 15.5 Å². The van der Waals surface area contributed by atoms with Gasteiger partial charge in [0.15, 0.2) is 11.5 Å². The minimum Gasteiger partial charge on any atom is -0.493 e. The Kier molecular flexibility index (Phi) is 2.96. The highest BCUT2D eigenvalue weighted by Gasteiger charge is 2.65. The van der Waals surface area contributed by atoms with Crippen LogP contribution in [0.4, 0.5) is 0 Å². The first-order chi connectivity index (χ1) is 11.1. The summed E-state index contributed by atoms with van der Waals surface area (Å²) in [5.74, 6) is 3.40. The van der Waals surface area contributed by atoms with E-state index in [1.807, 2.05) is 6.07 Å². The number of hydrogen-bond donors (Lipinski definition) is 1. The molecule has 5 rings (SSSR count). The molecule has 23 heavy (non-hydrogen) atoms. The Morgan fingerprint density at radius 1 is 1.43 bits per heavy atom. The van der Waals surface area contributed by atoms with E-state index in [4.69, 9.17) is 9.47 Å². The molecule has 2 bridgehead atoms. The molecular weight excluding hydrogens is 356 g/mol. The van der Waals surface area contributed by atoms with E-state index >= 15 is 0 Å². The smallest absolute Gasteiger partial charge is 0.166 e. The zero-order valence-electron chi connectivity index (χ0n) is 13.6. The van der Waals surface area contributed by atoms with Gasteiger partial charge in [-0.05, 0) is 55.1 Å². The summed E-state index contributed by atoms with van der Waals surface area (Å²) in [7, 11) is 1.71. The largest absolute Gasteiger partial charge is 0.493 e. The maximum atomic E-state index is 10.9. The zero-order chi connectivity index (χ0) is 15.9. The van der Waals surface area contributed by atoms with Crippen LogP contribution in [-0.2, 0) is 11.8 Å². The van der Waals surface area contributed by atoms with Gasteiger partial charge in [-0.1, -0.05) is 29.3 Å². The van der Waals surface area contributed by atoms with Crippen molar-refractivity contribution in [2.75, 3.05) is 7.11 Å². The van der Waals surface area contributed by atoms with E-state index in [9.17, 15) is 5.11 Å². The second kappa shape index (κ2) is 4.66. The monoisotopic (exact) mass is 378 g/mol. The molecule has 4 aliphatic rings. The topological polar surface area (TPSA) is 38.7 Å². The quantitative estimate of drug-likeness (QED) is 0.806. The summed E-state index contributed by atoms with van der Waals surface area (Å²) in [4.78, 5) is 0. The van der Waals surface area contributed by atoms with Gasteiger partial charge in [0.1, 0.15) is 6.10 Å². The van der Waals surface area contributed by atoms with Gasteiger partial charge >= 0.3 is 0 Å². The molecule has 3 aliphatic carbocycles. The van der Waals surface area contributed by atoms with Crippen LogP contribution in [0.3, 0.4) is 0 Å². The predicted molar refractivity (Wildman–Crippen MR) is 91.1 cm³/mol. The lowest BCUT2D eigenvalue weighted by Gasteiger charge is -2.57. The molecule has 1 heterocycles. The maximum absolute atomic E-state index is 10.9. The maximum Gasteiger partial charge on any atom is 0.166 e. The van der Waals surface area contributed by atoms with Crippen molar-refractivity contribution in [1.82, 2.24) is 0 Å². The molecule has 1 N–H and O–H groups in total. The standard InChI is InChI=1S/C19H23BrO3/c1-9-6-12-10-4-3-5-19(12)15-11(7-10)13(20)8-14(22-2)17(15)23-18(19)16(9)21/h8-10,12,16,18,21H,3-7H2,1-2H3. The summed E-state index contributed by atoms with van der Waals surface area (Å²) < 4.78 is 13.2. The van der Waals surface area contributed by atoms with E-state index < -0.39 is 0 Å². The van der Waals surface area contributed by atoms with Crippen molar-refractivity contribution in [3.8, 4) is 11.5 Å². The van der Waals surface area contributed by atoms with E-state index in [-0.39, 0.29) is 17.6 Å². The van der Waals surface area contributed by atoms with Crippen molar-refractivity contribution in [3.63, 3.8) is 0 Å². The van der Waals surface area contributed by atoms with Gasteiger partial charge in [-0.15, -0.1) is 0 Å². The average molecular weight is 379 g/mol. The van der Waals surface area contributed by atoms with Crippen molar-refractivity contribution in [1.29, 1.82) is 0 Å². The fourth-order valence-electron chi connectivity index (χ4n) is 6.23. The minimum atomic E-state index is -0.383. The zero-order valence-corrected chi connectivity index (χ0v) is 15.2. The summed E-state index contributed by atoms with van der Waals surface area (Å²) in [6.07, 6.45) is 5.48. The van der Waals surface area contributed by atoms with Crippen LogP contribution in [0.15, 0.2) is 10.5 Å². The van der Waals surface area contributed by atoms with Crippen LogP contribution in [0.25, 0.3) is 0 Å². The van der Waals surface area contributed by atoms with Crippen LogP contribution < -0.4 is 9.47 Å². The Balaban J connectivity index is 1.82. The van der Waals surface area contributed by atoms with Gasteiger partial charge in [0.2, 0.25) is 0 Å². The molecule has 1 aromatic rings. The molecular formula is C19H23BrO3. The van der Waals surface area contributed by atoms with Gasteiger partial charge in [0.25, 0.3) is 0 Å². The van der Waals surface area contributed by atoms with Crippen LogP contribution in [0.2, 0.25) is 0 Å². The lowest BCUT2D eigenvalue weighted by molar-refractivity contribution is -0.112. The van der Waals surface area contributed by atoms with Gasteiger partial charge in [-0.2, -0.15) is 0 Å². The van der Waals surface area contributed by atoms with Crippen molar-refractivity contribution in [2.24, 2.45) is 17.8 Å². The molecule has 6 atom stereocenters. The Morgan fingerprint density at radius 2 is 2.26 bits per heavy atom. The molecule has 1 aromatic carbocycles. The number of aliphatic hydroxyl groups excluding tert-OH is 1. The summed E-state index contributed by atoms with van der Waals surface area (Å²) in [6.45, 7) is 2.18. The van der Waals surface area contributed by atoms with E-state index in [0.29, 0.717) is 11.8 Å². The van der Waals surface area contributed by atoms with Crippen LogP contribution in [-0.4, -0.2) is 24.4 Å². The fourth-order valence-corrected chi connectivity index (χ4v) is 6.80. The van der Waals surface area contributed by atoms with E-state index in [0.717, 1.165) is 41.2 Å². The first-order valence-corrected chi connectivity index (χ1v) is 9.61. The average Bonchev–Trinajstić information content (AvgIpc) is 2.86. The van der Waals surface area contributed by atoms with Crippen LogP contribution >= 0.6 is 15.9 Å². The summed E-state index contributed by atoms with van der Waals surface area (Å²) >= 11 is 3.78. The van der Waals surface area contributed by atoms with Crippen molar-refractivity contribution >= 4 is 15.9 Å². The summed E-state index contributed by atoms with van der Waals surface area (Å²) in [6, 6.07) is 2.05. The number of hydrogen-bond acceptors (Lipinski definition) is 3. The summed E-state index contributed by atoms with van der Waals surface area (Å²) in [5, 5.41) is 10.9. The normalized spacial score (nSPS) is 42.9. The number of rotatable bonds is 1. The predicted octanol–water partition coefficient (Wildman–Crippen LogP) is 3.83. The molecule has 0 aromatic heterocycles. The van der Waals surface area contributed by atoms with Crippen LogP contribution in [0.1, 0.15) is 43.7 Å². The van der Waals surface area contributed by atoms with Crippen molar-refractivity contribution in [2.45, 2.75) is 56.7 Å². The molecule has 1 spiro atoms. The third-order valence-corrected chi connectivity index (χ3v) is 7.83. The highest BCUT2D eigenvalue weighted by Crippen LogP contribution is 2.67. The molecule has 6 unspecified atom stereocenters. The Labute approximate surface area is 145 Å². The molecule has 0 radical (unpaired) electrons. The lowest BCUT2D eigenvalue weighted by atomic mass is 9.47. The second-order valence-corrected chi connectivity index (χ2v) is 8.84. The third-order valence-electron chi connectivity index (χ3n) is 7.12. The number of methoxy groups -OCH3 is 1. The number of halogens is 1. The molecule has 0 amide bonds. The minimum absolute atomic E-state index is 0.00875. The second-order valence-electron chi connectivity index (χ2n) is 7.99. The van der Waals surface area contributed by atoms with E-state index in [2.05, 4.69) is 22.9 Å². The molecule has 4 heteroatoms. The molecule has 3 nitrogen and oxygen atoms in total. The molecule has 0 saturated heterocycles. The van der Waals surface area contributed by atoms with Gasteiger partial charge in [-0.25, -0.2) is 0 Å². The van der Waals surface area contributed by atoms with Gasteiger partial charge in [0.05, 0.1) is 13.2 Å². The summed E-state index contributed by atoms with van der Waals surface area (Å²) in [5.41, 5.74) is 2.78. The molecule has 2 saturated carbocycles. The molecule has 1 aliphatic heterocycles. The Bertz CT molecular complexity index is 688. The molecule has 124 valence electrons. The number of ether oxygens (including phenoxy) is 2. The Hall–Kier alpha value is -0.740. The first-order valence-electron chi connectivity index (χ1n) is 8.82. The van der Waals surface area contributed by atoms with Gasteiger partial charge < -0.3 is 14.6 Å². The highest BCUT2D eigenvalue weighted by molar-refractivity contribution is 9.10. The third kappa shape index (κ3) is 1.60. The van der Waals surface area contributed by atoms with Gasteiger partial charge in [-0.3, -0.25) is 0 Å². The van der Waals surface area contributed by atoms with Crippen molar-refractivity contribution in [3.05, 3.63) is 21.7 Å². The number of benzene rings is 1.